The number of H-pyrrole nitrogens is 1. The molecule has 0 radical (unpaired) electrons. The van der Waals surface area contributed by atoms with Crippen LogP contribution in [0.25, 0.3) is 0 Å². The molecule has 6 nitrogen and oxygen atoms in total. The van der Waals surface area contributed by atoms with Gasteiger partial charge in [0.05, 0.1) is 11.6 Å². The van der Waals surface area contributed by atoms with Crippen molar-refractivity contribution in [1.82, 2.24) is 20.5 Å². The molecule has 2 N–H and O–H groups in total. The van der Waals surface area contributed by atoms with Crippen molar-refractivity contribution in [3.63, 3.8) is 0 Å². The van der Waals surface area contributed by atoms with E-state index in [2.05, 4.69) is 20.5 Å². The molecule has 0 aliphatic carbocycles. The van der Waals surface area contributed by atoms with E-state index in [1.807, 2.05) is 13.8 Å². The van der Waals surface area contributed by atoms with E-state index in [1.54, 1.807) is 13.0 Å². The van der Waals surface area contributed by atoms with Gasteiger partial charge in [-0.25, -0.2) is 4.98 Å². The number of aromatic nitrogens is 3. The predicted octanol–water partition coefficient (Wildman–Crippen LogP) is 1.51. The van der Waals surface area contributed by atoms with Crippen LogP contribution in [0, 0.1) is 13.8 Å². The van der Waals surface area contributed by atoms with Crippen LogP contribution in [-0.4, -0.2) is 21.1 Å². The number of rotatable bonds is 3. The van der Waals surface area contributed by atoms with Gasteiger partial charge in [0.2, 0.25) is 0 Å². The smallest absolute Gasteiger partial charge is 0.255 e. The minimum absolute atomic E-state index is 0.178. The number of furan rings is 1. The Morgan fingerprint density at radius 1 is 1.53 bits per heavy atom. The van der Waals surface area contributed by atoms with Crippen LogP contribution in [0.2, 0.25) is 0 Å². The predicted molar refractivity (Wildman–Crippen MR) is 60.4 cm³/mol. The Morgan fingerprint density at radius 2 is 2.29 bits per heavy atom. The summed E-state index contributed by atoms with van der Waals surface area (Å²) in [7, 11) is 0. The number of nitrogens with one attached hydrogen (secondary N) is 2. The van der Waals surface area contributed by atoms with Gasteiger partial charge in [0, 0.05) is 0 Å². The number of aromatic amines is 1. The Kier molecular flexibility index (Phi) is 2.95. The van der Waals surface area contributed by atoms with Crippen LogP contribution in [0.4, 0.5) is 0 Å². The fourth-order valence-electron chi connectivity index (χ4n) is 1.62. The number of nitrogens with zero attached hydrogens (tertiary/aromatic N) is 2. The fraction of sp³-hybridized carbons (Fsp3) is 0.364. The molecule has 6 heteroatoms. The molecule has 2 aromatic rings. The van der Waals surface area contributed by atoms with E-state index in [-0.39, 0.29) is 11.9 Å². The normalized spacial score (nSPS) is 12.4. The Balaban J connectivity index is 2.09. The van der Waals surface area contributed by atoms with Gasteiger partial charge in [0.25, 0.3) is 5.91 Å². The second-order valence-corrected chi connectivity index (χ2v) is 3.89. The zero-order valence-electron chi connectivity index (χ0n) is 9.94. The topological polar surface area (TPSA) is 83.8 Å². The molecule has 0 aromatic carbocycles. The van der Waals surface area contributed by atoms with E-state index in [0.29, 0.717) is 17.1 Å². The molecular formula is C11H14N4O2. The summed E-state index contributed by atoms with van der Waals surface area (Å²) >= 11 is 0. The summed E-state index contributed by atoms with van der Waals surface area (Å²) in [6.07, 6.45) is 1.41. The van der Waals surface area contributed by atoms with E-state index in [0.717, 1.165) is 5.76 Å². The van der Waals surface area contributed by atoms with Crippen LogP contribution in [0.5, 0.6) is 0 Å². The van der Waals surface area contributed by atoms with Crippen LogP contribution < -0.4 is 5.32 Å². The van der Waals surface area contributed by atoms with Gasteiger partial charge >= 0.3 is 0 Å². The van der Waals surface area contributed by atoms with Crippen molar-refractivity contribution in [3.05, 3.63) is 35.3 Å². The Bertz CT molecular complexity index is 516. The van der Waals surface area contributed by atoms with Crippen LogP contribution in [-0.2, 0) is 0 Å². The number of hydrogen-bond donors (Lipinski definition) is 2. The lowest BCUT2D eigenvalue weighted by atomic mass is 10.2. The lowest BCUT2D eigenvalue weighted by Crippen LogP contribution is -2.27. The summed E-state index contributed by atoms with van der Waals surface area (Å²) in [5.74, 6) is 1.78. The molecule has 90 valence electrons. The van der Waals surface area contributed by atoms with E-state index in [9.17, 15) is 4.79 Å². The molecule has 2 heterocycles. The molecule has 0 saturated heterocycles. The number of aryl methyl sites for hydroxylation is 2. The summed E-state index contributed by atoms with van der Waals surface area (Å²) in [6, 6.07) is 1.50. The fourth-order valence-corrected chi connectivity index (χ4v) is 1.62. The molecule has 2 rings (SSSR count). The van der Waals surface area contributed by atoms with E-state index in [4.69, 9.17) is 4.42 Å². The maximum atomic E-state index is 12.0. The third-order valence-corrected chi connectivity index (χ3v) is 2.48. The quantitative estimate of drug-likeness (QED) is 0.843. The third-order valence-electron chi connectivity index (χ3n) is 2.48. The average molecular weight is 234 g/mol. The Hall–Kier alpha value is -2.11. The van der Waals surface area contributed by atoms with Gasteiger partial charge in [-0.15, -0.1) is 0 Å². The molecule has 1 amide bonds. The van der Waals surface area contributed by atoms with Gasteiger partial charge in [-0.1, -0.05) is 0 Å². The highest BCUT2D eigenvalue weighted by Gasteiger charge is 2.17. The van der Waals surface area contributed by atoms with Gasteiger partial charge in [0.1, 0.15) is 23.7 Å². The minimum atomic E-state index is -0.223. The summed E-state index contributed by atoms with van der Waals surface area (Å²) < 4.78 is 5.31. The summed E-state index contributed by atoms with van der Waals surface area (Å²) in [5, 5.41) is 9.27. The van der Waals surface area contributed by atoms with Gasteiger partial charge in [-0.05, 0) is 26.8 Å². The molecule has 2 aromatic heterocycles. The van der Waals surface area contributed by atoms with E-state index >= 15 is 0 Å². The van der Waals surface area contributed by atoms with Gasteiger partial charge < -0.3 is 9.73 Å². The highest BCUT2D eigenvalue weighted by molar-refractivity contribution is 5.95. The lowest BCUT2D eigenvalue weighted by Gasteiger charge is -2.10. The van der Waals surface area contributed by atoms with Crippen molar-refractivity contribution < 1.29 is 9.21 Å². The third kappa shape index (κ3) is 2.35. The minimum Gasteiger partial charge on any atom is -0.466 e. The first kappa shape index (κ1) is 11.4. The highest BCUT2D eigenvalue weighted by Crippen LogP contribution is 2.15. The SMILES string of the molecule is Cc1cc(C(=O)NC(C)c2ncn[nH]2)c(C)o1. The summed E-state index contributed by atoms with van der Waals surface area (Å²) in [4.78, 5) is 15.9. The molecule has 0 spiro atoms. The molecule has 0 fully saturated rings. The first-order valence-electron chi connectivity index (χ1n) is 5.31. The standard InChI is InChI=1S/C11H14N4O2/c1-6-4-9(8(3)17-6)11(16)14-7(2)10-12-5-13-15-10/h4-5,7H,1-3H3,(H,14,16)(H,12,13,15). The monoisotopic (exact) mass is 234 g/mol. The molecule has 0 saturated carbocycles. The van der Waals surface area contributed by atoms with E-state index in [1.165, 1.54) is 6.33 Å². The maximum absolute atomic E-state index is 12.0. The summed E-state index contributed by atoms with van der Waals surface area (Å²) in [6.45, 7) is 5.41. The van der Waals surface area contributed by atoms with Gasteiger partial charge in [0.15, 0.2) is 0 Å². The number of hydrogen-bond acceptors (Lipinski definition) is 4. The van der Waals surface area contributed by atoms with E-state index < -0.39 is 0 Å². The van der Waals surface area contributed by atoms with Crippen LogP contribution in [0.3, 0.4) is 0 Å². The van der Waals surface area contributed by atoms with Gasteiger partial charge in [-0.3, -0.25) is 9.89 Å². The first-order chi connectivity index (χ1) is 8.08. The molecule has 0 aliphatic heterocycles. The second-order valence-electron chi connectivity index (χ2n) is 3.89. The average Bonchev–Trinajstić information content (AvgIpc) is 2.87. The number of carbonyl (C=O) groups is 1. The maximum Gasteiger partial charge on any atom is 0.255 e. The molecule has 1 atom stereocenters. The first-order valence-corrected chi connectivity index (χ1v) is 5.31. The molecule has 0 aliphatic rings. The van der Waals surface area contributed by atoms with Crippen LogP contribution in [0.15, 0.2) is 16.8 Å². The van der Waals surface area contributed by atoms with Crippen molar-refractivity contribution >= 4 is 5.91 Å². The second kappa shape index (κ2) is 4.40. The van der Waals surface area contributed by atoms with Crippen LogP contribution >= 0.6 is 0 Å². The van der Waals surface area contributed by atoms with Crippen molar-refractivity contribution in [2.24, 2.45) is 0 Å². The van der Waals surface area contributed by atoms with Crippen LogP contribution in [0.1, 0.15) is 40.7 Å². The largest absolute Gasteiger partial charge is 0.466 e. The van der Waals surface area contributed by atoms with Crippen molar-refractivity contribution in [2.45, 2.75) is 26.8 Å². The van der Waals surface area contributed by atoms with Crippen molar-refractivity contribution in [1.29, 1.82) is 0 Å². The molecule has 17 heavy (non-hydrogen) atoms. The Morgan fingerprint density at radius 3 is 2.82 bits per heavy atom. The van der Waals surface area contributed by atoms with Gasteiger partial charge in [-0.2, -0.15) is 5.10 Å². The van der Waals surface area contributed by atoms with Crippen molar-refractivity contribution in [3.8, 4) is 0 Å². The number of carbonyl (C=O) groups excluding carboxylic acids is 1. The zero-order valence-corrected chi connectivity index (χ0v) is 9.94. The number of amides is 1. The lowest BCUT2D eigenvalue weighted by molar-refractivity contribution is 0.0937. The molecular weight excluding hydrogens is 220 g/mol. The summed E-state index contributed by atoms with van der Waals surface area (Å²) in [5.41, 5.74) is 0.550. The van der Waals surface area contributed by atoms with Crippen molar-refractivity contribution in [2.75, 3.05) is 0 Å². The zero-order chi connectivity index (χ0) is 12.4. The molecule has 0 bridgehead atoms. The Labute approximate surface area is 98.4 Å². The molecule has 1 unspecified atom stereocenters. The highest BCUT2D eigenvalue weighted by atomic mass is 16.3.